The first kappa shape index (κ1) is 12.3. The van der Waals surface area contributed by atoms with E-state index in [2.05, 4.69) is 39.3 Å². The molecule has 1 saturated heterocycles. The van der Waals surface area contributed by atoms with Crippen molar-refractivity contribution in [3.05, 3.63) is 18.1 Å². The van der Waals surface area contributed by atoms with Gasteiger partial charge in [0.15, 0.2) is 0 Å². The summed E-state index contributed by atoms with van der Waals surface area (Å²) in [6.45, 7) is 6.42. The molecule has 0 bridgehead atoms. The fraction of sp³-hybridized carbons (Fsp3) is 0.667. The minimum absolute atomic E-state index is 0.910. The second-order valence-electron chi connectivity index (χ2n) is 4.55. The summed E-state index contributed by atoms with van der Waals surface area (Å²) in [4.78, 5) is 10.8. The molecule has 0 saturated carbocycles. The largest absolute Gasteiger partial charge is 0.304 e. The number of nitrogens with zero attached hydrogens (tertiary/aromatic N) is 4. The zero-order chi connectivity index (χ0) is 12.1. The Kier molecular flexibility index (Phi) is 4.28. The average Bonchev–Trinajstić information content (AvgIpc) is 2.33. The third-order valence-electron chi connectivity index (χ3n) is 3.01. The normalized spacial score (nSPS) is 18.2. The van der Waals surface area contributed by atoms with Gasteiger partial charge in [0.05, 0.1) is 0 Å². The summed E-state index contributed by atoms with van der Waals surface area (Å²) >= 11 is 0. The van der Waals surface area contributed by atoms with E-state index in [1.54, 1.807) is 6.33 Å². The first-order chi connectivity index (χ1) is 8.28. The van der Waals surface area contributed by atoms with Crippen LogP contribution in [0.1, 0.15) is 19.0 Å². The standard InChI is InChI=1S/C12H21N5/c1-3-4-11-9-12(14-10-13-11)15-17-7-5-16(2)6-8-17/h9-10H,3-8H2,1-2H3,(H,13,14,15). The summed E-state index contributed by atoms with van der Waals surface area (Å²) in [5.41, 5.74) is 4.47. The van der Waals surface area contributed by atoms with Gasteiger partial charge in [0.2, 0.25) is 0 Å². The Bertz CT molecular complexity index is 347. The van der Waals surface area contributed by atoms with Crippen LogP contribution in [0.5, 0.6) is 0 Å². The summed E-state index contributed by atoms with van der Waals surface area (Å²) in [5.74, 6) is 0.910. The van der Waals surface area contributed by atoms with Gasteiger partial charge in [-0.15, -0.1) is 0 Å². The second kappa shape index (κ2) is 5.93. The highest BCUT2D eigenvalue weighted by molar-refractivity contribution is 5.33. The molecular weight excluding hydrogens is 214 g/mol. The molecule has 2 rings (SSSR count). The number of likely N-dealkylation sites (N-methyl/N-ethyl adjacent to an activating group) is 1. The summed E-state index contributed by atoms with van der Waals surface area (Å²) in [6, 6.07) is 2.04. The number of rotatable bonds is 4. The molecule has 1 aromatic heterocycles. The molecule has 1 aliphatic rings. The van der Waals surface area contributed by atoms with Gasteiger partial charge in [0.25, 0.3) is 0 Å². The fourth-order valence-corrected chi connectivity index (χ4v) is 1.93. The van der Waals surface area contributed by atoms with Crippen LogP contribution in [0.25, 0.3) is 0 Å². The zero-order valence-electron chi connectivity index (χ0n) is 10.7. The number of hydrogen-bond donors (Lipinski definition) is 1. The maximum absolute atomic E-state index is 4.26. The first-order valence-corrected chi connectivity index (χ1v) is 6.29. The van der Waals surface area contributed by atoms with Crippen LogP contribution in [0.4, 0.5) is 5.82 Å². The molecule has 0 amide bonds. The maximum atomic E-state index is 4.26. The molecule has 0 atom stereocenters. The second-order valence-corrected chi connectivity index (χ2v) is 4.55. The summed E-state index contributed by atoms with van der Waals surface area (Å²) in [6.07, 6.45) is 3.77. The van der Waals surface area contributed by atoms with Crippen LogP contribution >= 0.6 is 0 Å². The predicted molar refractivity (Wildman–Crippen MR) is 68.7 cm³/mol. The van der Waals surface area contributed by atoms with Crippen molar-refractivity contribution < 1.29 is 0 Å². The summed E-state index contributed by atoms with van der Waals surface area (Å²) < 4.78 is 0. The third-order valence-corrected chi connectivity index (χ3v) is 3.01. The topological polar surface area (TPSA) is 44.3 Å². The molecule has 94 valence electrons. The SMILES string of the molecule is CCCc1cc(NN2CCN(C)CC2)ncn1. The summed E-state index contributed by atoms with van der Waals surface area (Å²) in [7, 11) is 2.15. The van der Waals surface area contributed by atoms with Crippen molar-refractivity contribution in [2.24, 2.45) is 0 Å². The van der Waals surface area contributed by atoms with E-state index in [4.69, 9.17) is 0 Å². The molecular formula is C12H21N5. The average molecular weight is 235 g/mol. The first-order valence-electron chi connectivity index (χ1n) is 6.29. The van der Waals surface area contributed by atoms with Crippen LogP contribution in [-0.4, -0.2) is 53.1 Å². The number of aromatic nitrogens is 2. The van der Waals surface area contributed by atoms with Crippen molar-refractivity contribution in [1.82, 2.24) is 19.9 Å². The Labute approximate surface area is 103 Å². The van der Waals surface area contributed by atoms with Gasteiger partial charge in [0.1, 0.15) is 12.1 Å². The van der Waals surface area contributed by atoms with Gasteiger partial charge in [-0.05, 0) is 13.5 Å². The number of piperazine rings is 1. The van der Waals surface area contributed by atoms with Crippen LogP contribution in [-0.2, 0) is 6.42 Å². The van der Waals surface area contributed by atoms with Gasteiger partial charge in [-0.1, -0.05) is 13.3 Å². The Morgan fingerprint density at radius 3 is 2.71 bits per heavy atom. The van der Waals surface area contributed by atoms with E-state index in [0.717, 1.165) is 50.5 Å². The predicted octanol–water partition coefficient (Wildman–Crippen LogP) is 1.00. The molecule has 0 aromatic carbocycles. The Balaban J connectivity index is 1.91. The molecule has 0 unspecified atom stereocenters. The van der Waals surface area contributed by atoms with Crippen molar-refractivity contribution in [2.75, 3.05) is 38.7 Å². The van der Waals surface area contributed by atoms with E-state index in [1.807, 2.05) is 6.07 Å². The van der Waals surface area contributed by atoms with Crippen LogP contribution in [0, 0.1) is 0 Å². The molecule has 0 radical (unpaired) electrons. The molecule has 5 nitrogen and oxygen atoms in total. The molecule has 2 heterocycles. The Hall–Kier alpha value is -1.20. The lowest BCUT2D eigenvalue weighted by Gasteiger charge is -2.32. The zero-order valence-corrected chi connectivity index (χ0v) is 10.7. The van der Waals surface area contributed by atoms with E-state index in [-0.39, 0.29) is 0 Å². The lowest BCUT2D eigenvalue weighted by atomic mass is 10.2. The Morgan fingerprint density at radius 1 is 1.24 bits per heavy atom. The van der Waals surface area contributed by atoms with E-state index >= 15 is 0 Å². The quantitative estimate of drug-likeness (QED) is 0.843. The van der Waals surface area contributed by atoms with Crippen LogP contribution in [0.2, 0.25) is 0 Å². The lowest BCUT2D eigenvalue weighted by molar-refractivity contribution is 0.178. The highest BCUT2D eigenvalue weighted by Gasteiger charge is 2.13. The third kappa shape index (κ3) is 3.64. The molecule has 17 heavy (non-hydrogen) atoms. The molecule has 0 spiro atoms. The Morgan fingerprint density at radius 2 is 2.00 bits per heavy atom. The van der Waals surface area contributed by atoms with E-state index < -0.39 is 0 Å². The number of anilines is 1. The molecule has 5 heteroatoms. The molecule has 1 aliphatic heterocycles. The number of hydrogen-bond acceptors (Lipinski definition) is 5. The minimum Gasteiger partial charge on any atom is -0.304 e. The van der Waals surface area contributed by atoms with Crippen molar-refractivity contribution in [3.63, 3.8) is 0 Å². The maximum Gasteiger partial charge on any atom is 0.143 e. The smallest absolute Gasteiger partial charge is 0.143 e. The van der Waals surface area contributed by atoms with Gasteiger partial charge in [-0.3, -0.25) is 0 Å². The number of aryl methyl sites for hydroxylation is 1. The van der Waals surface area contributed by atoms with Crippen molar-refractivity contribution >= 4 is 5.82 Å². The van der Waals surface area contributed by atoms with Crippen LogP contribution in [0.3, 0.4) is 0 Å². The lowest BCUT2D eigenvalue weighted by Crippen LogP contribution is -2.47. The van der Waals surface area contributed by atoms with Gasteiger partial charge in [-0.2, -0.15) is 0 Å². The summed E-state index contributed by atoms with van der Waals surface area (Å²) in [5, 5.41) is 2.22. The monoisotopic (exact) mass is 235 g/mol. The minimum atomic E-state index is 0.910. The number of hydrazine groups is 1. The molecule has 0 aliphatic carbocycles. The van der Waals surface area contributed by atoms with E-state index in [9.17, 15) is 0 Å². The van der Waals surface area contributed by atoms with Gasteiger partial charge in [0, 0.05) is 37.9 Å². The number of nitrogens with one attached hydrogen (secondary N) is 1. The van der Waals surface area contributed by atoms with Crippen LogP contribution < -0.4 is 5.43 Å². The van der Waals surface area contributed by atoms with Crippen molar-refractivity contribution in [3.8, 4) is 0 Å². The molecule has 1 aromatic rings. The van der Waals surface area contributed by atoms with Crippen molar-refractivity contribution in [2.45, 2.75) is 19.8 Å². The highest BCUT2D eigenvalue weighted by Crippen LogP contribution is 2.08. The highest BCUT2D eigenvalue weighted by atomic mass is 15.5. The van der Waals surface area contributed by atoms with Crippen molar-refractivity contribution in [1.29, 1.82) is 0 Å². The van der Waals surface area contributed by atoms with Gasteiger partial charge >= 0.3 is 0 Å². The van der Waals surface area contributed by atoms with E-state index in [0.29, 0.717) is 0 Å². The van der Waals surface area contributed by atoms with Gasteiger partial charge < -0.3 is 10.3 Å². The fourth-order valence-electron chi connectivity index (χ4n) is 1.93. The molecule has 1 N–H and O–H groups in total. The van der Waals surface area contributed by atoms with E-state index in [1.165, 1.54) is 0 Å². The molecule has 1 fully saturated rings. The van der Waals surface area contributed by atoms with Crippen LogP contribution in [0.15, 0.2) is 12.4 Å². The van der Waals surface area contributed by atoms with Gasteiger partial charge in [-0.25, -0.2) is 15.0 Å².